The van der Waals surface area contributed by atoms with E-state index in [4.69, 9.17) is 19.9 Å². The Balaban J connectivity index is 1.64. The highest BCUT2D eigenvalue weighted by molar-refractivity contribution is 6.01. The molecule has 0 bridgehead atoms. The van der Waals surface area contributed by atoms with Crippen LogP contribution in [0.2, 0.25) is 0 Å². The van der Waals surface area contributed by atoms with Crippen LogP contribution >= 0.6 is 0 Å². The third kappa shape index (κ3) is 5.37. The number of nitro benzene ring substituents is 1. The molecule has 2 aliphatic rings. The summed E-state index contributed by atoms with van der Waals surface area (Å²) >= 11 is 0. The lowest BCUT2D eigenvalue weighted by molar-refractivity contribution is -0.384. The molecule has 1 heterocycles. The summed E-state index contributed by atoms with van der Waals surface area (Å²) in [5, 5.41) is 22.6. The number of carbonyl (C=O) groups is 1. The second-order valence-corrected chi connectivity index (χ2v) is 10.5. The minimum atomic E-state index is -0.721. The molecule has 0 saturated carbocycles. The van der Waals surface area contributed by atoms with Crippen LogP contribution in [-0.4, -0.2) is 24.9 Å². The summed E-state index contributed by atoms with van der Waals surface area (Å²) in [6.07, 6.45) is 1.34. The van der Waals surface area contributed by atoms with E-state index in [1.54, 1.807) is 13.2 Å². The number of carbonyl (C=O) groups excluding carboxylic acids is 1. The van der Waals surface area contributed by atoms with Gasteiger partial charge in [-0.05, 0) is 79.8 Å². The lowest BCUT2D eigenvalue weighted by Gasteiger charge is -2.40. The highest BCUT2D eigenvalue weighted by Gasteiger charge is 2.42. The van der Waals surface area contributed by atoms with E-state index >= 15 is 0 Å². The number of ketones is 1. The van der Waals surface area contributed by atoms with Gasteiger partial charge in [0.15, 0.2) is 5.78 Å². The molecule has 220 valence electrons. The molecule has 3 aromatic rings. The van der Waals surface area contributed by atoms with Crippen LogP contribution in [0, 0.1) is 35.3 Å². The van der Waals surface area contributed by atoms with Crippen molar-refractivity contribution in [2.45, 2.75) is 45.6 Å². The number of allylic oxidation sites excluding steroid dienone is 3. The molecule has 0 spiro atoms. The van der Waals surface area contributed by atoms with E-state index in [1.165, 1.54) is 24.1 Å². The average molecular weight is 581 g/mol. The van der Waals surface area contributed by atoms with Crippen molar-refractivity contribution < 1.29 is 23.9 Å². The molecule has 1 aliphatic heterocycles. The molecule has 5 rings (SSSR count). The Labute approximate surface area is 249 Å². The van der Waals surface area contributed by atoms with Crippen molar-refractivity contribution in [3.8, 4) is 23.3 Å². The van der Waals surface area contributed by atoms with Crippen molar-refractivity contribution in [2.24, 2.45) is 5.73 Å². The number of aryl methyl sites for hydroxylation is 1. The molecule has 0 radical (unpaired) electrons. The summed E-state index contributed by atoms with van der Waals surface area (Å²) < 4.78 is 16.5. The van der Waals surface area contributed by atoms with E-state index in [0.717, 1.165) is 28.0 Å². The van der Waals surface area contributed by atoms with Crippen LogP contribution in [-0.2, 0) is 11.4 Å². The van der Waals surface area contributed by atoms with Gasteiger partial charge in [-0.3, -0.25) is 19.8 Å². The standard InChI is InChI=1S/C33H32N4O6/c1-19-14-21(18-43-23-10-8-22(41-3)9-11-23)20(2)25(15-19)31-26(17-34)33(35)36(28-6-5-7-30(38)32(28)31)27-13-12-24(42-4)16-29(27)37(39)40/h8-16,31H,5-7,18,35H2,1-4H3. The van der Waals surface area contributed by atoms with Crippen LogP contribution in [0.3, 0.4) is 0 Å². The Morgan fingerprint density at radius 1 is 1.02 bits per heavy atom. The third-order valence-electron chi connectivity index (χ3n) is 8.00. The van der Waals surface area contributed by atoms with Crippen LogP contribution in [0.5, 0.6) is 17.2 Å². The number of methoxy groups -OCH3 is 2. The number of nitriles is 1. The number of hydrogen-bond donors (Lipinski definition) is 1. The number of Topliss-reactive ketones (excluding diaryl/α,β-unsaturated/α-hetero) is 1. The van der Waals surface area contributed by atoms with Gasteiger partial charge in [0.2, 0.25) is 0 Å². The van der Waals surface area contributed by atoms with Gasteiger partial charge in [0.05, 0.1) is 42.8 Å². The Kier molecular flexibility index (Phi) is 8.08. The quantitative estimate of drug-likeness (QED) is 0.247. The molecular formula is C33H32N4O6. The first kappa shape index (κ1) is 29.2. The van der Waals surface area contributed by atoms with Gasteiger partial charge in [0, 0.05) is 17.7 Å². The number of nitro groups is 1. The smallest absolute Gasteiger partial charge is 0.296 e. The van der Waals surface area contributed by atoms with Crippen LogP contribution in [0.4, 0.5) is 11.4 Å². The molecule has 0 saturated heterocycles. The Morgan fingerprint density at radius 3 is 2.35 bits per heavy atom. The highest BCUT2D eigenvalue weighted by atomic mass is 16.6. The summed E-state index contributed by atoms with van der Waals surface area (Å²) in [5.74, 6) is 0.938. The van der Waals surface area contributed by atoms with Crippen molar-refractivity contribution in [1.29, 1.82) is 5.26 Å². The SMILES string of the molecule is COc1ccc(OCc2cc(C)cc(C3C(C#N)=C(N)N(c4ccc(OC)cc4[N+](=O)[O-])C4=C3C(=O)CCC4)c2C)cc1. The Morgan fingerprint density at radius 2 is 1.70 bits per heavy atom. The summed E-state index contributed by atoms with van der Waals surface area (Å²) in [5.41, 5.74) is 11.3. The largest absolute Gasteiger partial charge is 0.497 e. The van der Waals surface area contributed by atoms with Gasteiger partial charge in [0.25, 0.3) is 5.69 Å². The van der Waals surface area contributed by atoms with Gasteiger partial charge >= 0.3 is 0 Å². The van der Waals surface area contributed by atoms with E-state index in [1.807, 2.05) is 50.2 Å². The van der Waals surface area contributed by atoms with Gasteiger partial charge in [-0.2, -0.15) is 5.26 Å². The number of ether oxygens (including phenoxy) is 3. The predicted molar refractivity (Wildman–Crippen MR) is 161 cm³/mol. The van der Waals surface area contributed by atoms with E-state index in [9.17, 15) is 20.2 Å². The molecule has 10 heteroatoms. The minimum absolute atomic E-state index is 0.0613. The van der Waals surface area contributed by atoms with Crippen LogP contribution < -0.4 is 24.8 Å². The molecule has 1 atom stereocenters. The normalized spacial score (nSPS) is 16.5. The first-order valence-corrected chi connectivity index (χ1v) is 13.8. The van der Waals surface area contributed by atoms with Gasteiger partial charge in [-0.25, -0.2) is 0 Å². The fourth-order valence-corrected chi connectivity index (χ4v) is 5.88. The lowest BCUT2D eigenvalue weighted by Crippen LogP contribution is -2.39. The first-order valence-electron chi connectivity index (χ1n) is 13.8. The molecule has 1 aliphatic carbocycles. The maximum atomic E-state index is 13.7. The van der Waals surface area contributed by atoms with Gasteiger partial charge in [0.1, 0.15) is 35.4 Å². The fourth-order valence-electron chi connectivity index (χ4n) is 5.88. The second-order valence-electron chi connectivity index (χ2n) is 10.5. The zero-order chi connectivity index (χ0) is 30.8. The van der Waals surface area contributed by atoms with Crippen LogP contribution in [0.25, 0.3) is 0 Å². The van der Waals surface area contributed by atoms with Crippen molar-refractivity contribution in [2.75, 3.05) is 19.1 Å². The molecule has 43 heavy (non-hydrogen) atoms. The summed E-state index contributed by atoms with van der Waals surface area (Å²) in [6.45, 7) is 4.17. The van der Waals surface area contributed by atoms with Gasteiger partial charge < -0.3 is 19.9 Å². The number of nitrogens with two attached hydrogens (primary N) is 1. The topological polar surface area (TPSA) is 141 Å². The van der Waals surface area contributed by atoms with Crippen molar-refractivity contribution in [1.82, 2.24) is 0 Å². The summed E-state index contributed by atoms with van der Waals surface area (Å²) in [4.78, 5) is 26.8. The first-order chi connectivity index (χ1) is 20.7. The maximum Gasteiger partial charge on any atom is 0.296 e. The zero-order valence-electron chi connectivity index (χ0n) is 24.5. The van der Waals surface area contributed by atoms with Gasteiger partial charge in [-0.1, -0.05) is 17.7 Å². The third-order valence-corrected chi connectivity index (χ3v) is 8.00. The molecule has 0 fully saturated rings. The van der Waals surface area contributed by atoms with Crippen molar-refractivity contribution >= 4 is 17.2 Å². The molecule has 0 amide bonds. The van der Waals surface area contributed by atoms with Crippen molar-refractivity contribution in [3.63, 3.8) is 0 Å². The fraction of sp³-hybridized carbons (Fsp3) is 0.273. The molecule has 10 nitrogen and oxygen atoms in total. The zero-order valence-corrected chi connectivity index (χ0v) is 24.5. The van der Waals surface area contributed by atoms with E-state index in [0.29, 0.717) is 42.0 Å². The number of hydrogen-bond acceptors (Lipinski definition) is 9. The van der Waals surface area contributed by atoms with Crippen LogP contribution in [0.1, 0.15) is 47.4 Å². The van der Waals surface area contributed by atoms with Crippen molar-refractivity contribution in [3.05, 3.63) is 110 Å². The molecule has 0 aromatic heterocycles. The van der Waals surface area contributed by atoms with E-state index in [2.05, 4.69) is 6.07 Å². The second kappa shape index (κ2) is 11.9. The van der Waals surface area contributed by atoms with Gasteiger partial charge in [-0.15, -0.1) is 0 Å². The molecule has 1 unspecified atom stereocenters. The number of nitrogens with zero attached hydrogens (tertiary/aromatic N) is 3. The number of anilines is 1. The maximum absolute atomic E-state index is 13.7. The molecule has 3 aromatic carbocycles. The minimum Gasteiger partial charge on any atom is -0.497 e. The monoisotopic (exact) mass is 580 g/mol. The Bertz CT molecular complexity index is 1720. The van der Waals surface area contributed by atoms with E-state index < -0.39 is 10.8 Å². The number of rotatable bonds is 8. The lowest BCUT2D eigenvalue weighted by atomic mass is 9.73. The summed E-state index contributed by atoms with van der Waals surface area (Å²) in [6, 6.07) is 18.0. The van der Waals surface area contributed by atoms with E-state index in [-0.39, 0.29) is 35.2 Å². The summed E-state index contributed by atoms with van der Waals surface area (Å²) in [7, 11) is 3.03. The Hall–Kier alpha value is -5.30. The predicted octanol–water partition coefficient (Wildman–Crippen LogP) is 6.11. The molecular weight excluding hydrogens is 548 g/mol. The molecule has 2 N–H and O–H groups in total. The van der Waals surface area contributed by atoms with Crippen LogP contribution in [0.15, 0.2) is 77.3 Å². The average Bonchev–Trinajstić information content (AvgIpc) is 3.01. The highest BCUT2D eigenvalue weighted by Crippen LogP contribution is 2.49. The number of benzene rings is 3.